The second-order valence-corrected chi connectivity index (χ2v) is 4.91. The summed E-state index contributed by atoms with van der Waals surface area (Å²) in [5.74, 6) is -0.458. The summed E-state index contributed by atoms with van der Waals surface area (Å²) in [4.78, 5) is 25.4. The molecule has 114 valence electrons. The molecule has 1 aliphatic rings. The Bertz CT molecular complexity index is 392. The molecule has 9 nitrogen and oxygen atoms in total. The molecule has 0 aromatic carbocycles. The van der Waals surface area contributed by atoms with Gasteiger partial charge in [0.05, 0.1) is 0 Å². The van der Waals surface area contributed by atoms with Crippen molar-refractivity contribution in [1.82, 2.24) is 5.43 Å². The van der Waals surface area contributed by atoms with Crippen molar-refractivity contribution in [2.24, 2.45) is 39.9 Å². The van der Waals surface area contributed by atoms with E-state index in [0.717, 1.165) is 12.8 Å². The number of aliphatic imine (C=N–C) groups is 1. The van der Waals surface area contributed by atoms with E-state index in [1.54, 1.807) is 5.43 Å². The first-order chi connectivity index (χ1) is 9.43. The number of hydrogen-bond acceptors (Lipinski definition) is 5. The summed E-state index contributed by atoms with van der Waals surface area (Å²) in [6, 6.07) is 0. The molecule has 3 unspecified atom stereocenters. The quantitative estimate of drug-likeness (QED) is 0.143. The molecular weight excluding hydrogens is 353 g/mol. The van der Waals surface area contributed by atoms with E-state index < -0.39 is 5.03 Å². The Labute approximate surface area is 148 Å². The monoisotopic (exact) mass is 374 g/mol. The van der Waals surface area contributed by atoms with Gasteiger partial charge >= 0.3 is 32.7 Å². The molecule has 21 heavy (non-hydrogen) atoms. The molecule has 0 radical (unpaired) electrons. The number of carbonyl (C=O) groups is 1. The normalized spacial score (nSPS) is 23.2. The Morgan fingerprint density at radius 3 is 2.71 bits per heavy atom. The third-order valence-electron chi connectivity index (χ3n) is 3.49. The number of hydrogen-bond donors (Lipinski definition) is 4. The molecule has 1 fully saturated rings. The summed E-state index contributed by atoms with van der Waals surface area (Å²) in [6.45, 7) is 0.782. The molecule has 0 aromatic heterocycles. The second-order valence-electron chi connectivity index (χ2n) is 4.91. The first kappa shape index (κ1) is 20.2. The maximum atomic E-state index is 11.4. The van der Waals surface area contributed by atoms with Crippen molar-refractivity contribution >= 4 is 11.9 Å². The van der Waals surface area contributed by atoms with Crippen LogP contribution in [0.2, 0.25) is 0 Å². The van der Waals surface area contributed by atoms with Gasteiger partial charge in [0.25, 0.3) is 5.96 Å². The van der Waals surface area contributed by atoms with Gasteiger partial charge < -0.3 is 23.6 Å². The van der Waals surface area contributed by atoms with Gasteiger partial charge in [-0.2, -0.15) is 6.42 Å². The summed E-state index contributed by atoms with van der Waals surface area (Å²) in [7, 11) is 0. The molecule has 0 heterocycles. The first-order valence-corrected chi connectivity index (χ1v) is 6.47. The molecule has 1 amide bonds. The molecule has 7 N–H and O–H groups in total. The van der Waals surface area contributed by atoms with Gasteiger partial charge in [-0.05, 0) is 13.0 Å². The zero-order valence-electron chi connectivity index (χ0n) is 11.8. The predicted molar refractivity (Wildman–Crippen MR) is 73.5 cm³/mol. The summed E-state index contributed by atoms with van der Waals surface area (Å²) in [5, 5.41) is 9.40. The number of amides is 1. The maximum absolute atomic E-state index is 11.4. The van der Waals surface area contributed by atoms with Crippen molar-refractivity contribution in [1.29, 1.82) is 0 Å². The third-order valence-corrected chi connectivity index (χ3v) is 3.49. The number of carbonyl (C=O) groups excluding carboxylic acids is 1. The van der Waals surface area contributed by atoms with Crippen molar-refractivity contribution in [2.75, 3.05) is 13.1 Å². The molecule has 1 saturated carbocycles. The number of rotatable bonds is 7. The standard InChI is InChI=1S/C11H21N6O3.Y/c12-4-3-9(10(13)18)8-2-1-7(5-8)6-15-11(14)16-17(19)20;/h1,7-9H,2-6,12H2,(H2,13,18)(H3,14,15,16);/q-1;+3. The van der Waals surface area contributed by atoms with Gasteiger partial charge in [-0.1, -0.05) is 17.8 Å². The van der Waals surface area contributed by atoms with Gasteiger partial charge in [-0.3, -0.25) is 9.79 Å². The van der Waals surface area contributed by atoms with Crippen LogP contribution in [0.1, 0.15) is 19.3 Å². The third kappa shape index (κ3) is 7.15. The number of nitrogens with zero attached hydrogens (tertiary/aromatic N) is 2. The van der Waals surface area contributed by atoms with E-state index in [2.05, 4.69) is 11.4 Å². The van der Waals surface area contributed by atoms with Crippen LogP contribution in [0.5, 0.6) is 0 Å². The predicted octanol–water partition coefficient (Wildman–Crippen LogP) is -1.24. The molecule has 3 atom stereocenters. The fourth-order valence-corrected chi connectivity index (χ4v) is 2.56. The Morgan fingerprint density at radius 2 is 2.19 bits per heavy atom. The largest absolute Gasteiger partial charge is 3.00 e. The number of nitro groups is 1. The zero-order chi connectivity index (χ0) is 15.1. The van der Waals surface area contributed by atoms with Crippen molar-refractivity contribution in [2.45, 2.75) is 19.3 Å². The van der Waals surface area contributed by atoms with Gasteiger partial charge in [0.15, 0.2) is 5.03 Å². The molecule has 0 spiro atoms. The molecule has 0 aromatic rings. The Kier molecular flexibility index (Phi) is 9.64. The van der Waals surface area contributed by atoms with Crippen molar-refractivity contribution in [3.05, 3.63) is 16.5 Å². The van der Waals surface area contributed by atoms with E-state index >= 15 is 0 Å². The summed E-state index contributed by atoms with van der Waals surface area (Å²) < 4.78 is 0. The number of nitrogens with one attached hydrogen (secondary N) is 1. The van der Waals surface area contributed by atoms with Crippen LogP contribution in [0.25, 0.3) is 0 Å². The van der Waals surface area contributed by atoms with Gasteiger partial charge in [0.1, 0.15) is 0 Å². The molecule has 10 heteroatoms. The number of guanidine groups is 1. The Balaban J connectivity index is 0.00000400. The number of nitrogens with two attached hydrogens (primary N) is 3. The fourth-order valence-electron chi connectivity index (χ4n) is 2.56. The minimum Gasteiger partial charge on any atom is -0.369 e. The molecule has 0 aliphatic heterocycles. The summed E-state index contributed by atoms with van der Waals surface area (Å²) in [5.41, 5.74) is 18.0. The molecular formula is C11H21N6O3Y+2. The average Bonchev–Trinajstić information content (AvgIpc) is 2.80. The summed E-state index contributed by atoms with van der Waals surface area (Å²) >= 11 is 0. The van der Waals surface area contributed by atoms with Crippen LogP contribution in [-0.2, 0) is 37.5 Å². The van der Waals surface area contributed by atoms with Gasteiger partial charge in [0.2, 0.25) is 5.91 Å². The van der Waals surface area contributed by atoms with Crippen LogP contribution in [0.4, 0.5) is 0 Å². The fraction of sp³-hybridized carbons (Fsp3) is 0.727. The van der Waals surface area contributed by atoms with E-state index in [-0.39, 0.29) is 62.3 Å². The van der Waals surface area contributed by atoms with E-state index in [0.29, 0.717) is 19.5 Å². The van der Waals surface area contributed by atoms with Crippen LogP contribution in [0, 0.1) is 34.3 Å². The minimum atomic E-state index is -0.760. The van der Waals surface area contributed by atoms with Crippen LogP contribution in [-0.4, -0.2) is 30.0 Å². The Hall–Kier alpha value is -0.796. The van der Waals surface area contributed by atoms with Crippen molar-refractivity contribution in [3.8, 4) is 0 Å². The summed E-state index contributed by atoms with van der Waals surface area (Å²) in [6.07, 6.45) is 4.17. The molecule has 1 aliphatic carbocycles. The van der Waals surface area contributed by atoms with Gasteiger partial charge in [0, 0.05) is 12.5 Å². The van der Waals surface area contributed by atoms with Gasteiger partial charge in [-0.25, -0.2) is 10.1 Å². The van der Waals surface area contributed by atoms with E-state index in [4.69, 9.17) is 17.2 Å². The number of primary amides is 1. The van der Waals surface area contributed by atoms with Crippen LogP contribution >= 0.6 is 0 Å². The second kappa shape index (κ2) is 10.0. The van der Waals surface area contributed by atoms with Crippen molar-refractivity contribution in [3.63, 3.8) is 0 Å². The van der Waals surface area contributed by atoms with E-state index in [1.807, 2.05) is 0 Å². The van der Waals surface area contributed by atoms with Crippen molar-refractivity contribution < 1.29 is 42.5 Å². The van der Waals surface area contributed by atoms with E-state index in [1.165, 1.54) is 0 Å². The molecule has 0 saturated heterocycles. The van der Waals surface area contributed by atoms with Crippen LogP contribution in [0.3, 0.4) is 0 Å². The van der Waals surface area contributed by atoms with Crippen LogP contribution in [0.15, 0.2) is 4.99 Å². The van der Waals surface area contributed by atoms with E-state index in [9.17, 15) is 14.9 Å². The molecule has 1 rings (SSSR count). The minimum absolute atomic E-state index is 0. The maximum Gasteiger partial charge on any atom is 3.00 e. The molecule has 0 bridgehead atoms. The van der Waals surface area contributed by atoms with Crippen LogP contribution < -0.4 is 22.6 Å². The first-order valence-electron chi connectivity index (χ1n) is 6.47. The topological polar surface area (TPSA) is 163 Å². The SMILES string of the molecule is NCCC(C(N)=O)C1C[CH-]C(CN=C(N)N[N+](=O)[O-])C1.[Y+3]. The Morgan fingerprint density at radius 1 is 1.52 bits per heavy atom. The van der Waals surface area contributed by atoms with Gasteiger partial charge in [-0.15, -0.1) is 5.92 Å². The smallest absolute Gasteiger partial charge is 0.369 e. The zero-order valence-corrected chi connectivity index (χ0v) is 14.6. The number of hydrazine groups is 1. The average molecular weight is 374 g/mol.